The summed E-state index contributed by atoms with van der Waals surface area (Å²) < 4.78 is 15.6. The molecule has 3 atom stereocenters. The van der Waals surface area contributed by atoms with Crippen molar-refractivity contribution < 1.29 is 38.5 Å². The van der Waals surface area contributed by atoms with E-state index < -0.39 is 41.3 Å². The van der Waals surface area contributed by atoms with Crippen LogP contribution in [0.4, 0.5) is 0 Å². The van der Waals surface area contributed by atoms with E-state index in [1.165, 1.54) is 19.9 Å². The van der Waals surface area contributed by atoms with Gasteiger partial charge in [0.1, 0.15) is 13.2 Å². The van der Waals surface area contributed by atoms with Crippen LogP contribution in [-0.2, 0) is 33.4 Å². The lowest BCUT2D eigenvalue weighted by atomic mass is 9.85. The molecule has 30 heavy (non-hydrogen) atoms. The van der Waals surface area contributed by atoms with E-state index in [1.807, 2.05) is 11.9 Å². The minimum atomic E-state index is -1.90. The summed E-state index contributed by atoms with van der Waals surface area (Å²) in [4.78, 5) is 51.3. The zero-order chi connectivity index (χ0) is 22.5. The van der Waals surface area contributed by atoms with Crippen molar-refractivity contribution in [2.45, 2.75) is 45.3 Å². The summed E-state index contributed by atoms with van der Waals surface area (Å²) in [7, 11) is 1.86. The molecule has 0 spiro atoms. The fourth-order valence-electron chi connectivity index (χ4n) is 3.11. The molecule has 1 N–H and O–H groups in total. The molecule has 2 aliphatic heterocycles. The van der Waals surface area contributed by atoms with Gasteiger partial charge in [-0.1, -0.05) is 13.0 Å². The predicted molar refractivity (Wildman–Crippen MR) is 105 cm³/mol. The van der Waals surface area contributed by atoms with Crippen molar-refractivity contribution in [2.75, 3.05) is 33.4 Å². The second-order valence-corrected chi connectivity index (χ2v) is 7.90. The predicted octanol–water partition coefficient (Wildman–Crippen LogP) is 0.553. The maximum Gasteiger partial charge on any atom is 0.338 e. The number of fused-ring (bicyclic) bond motifs is 2. The molecule has 0 radical (unpaired) electrons. The Balaban J connectivity index is 2.42. The highest BCUT2D eigenvalue weighted by Gasteiger charge is 2.41. The molecule has 0 aromatic carbocycles. The Labute approximate surface area is 175 Å². The summed E-state index contributed by atoms with van der Waals surface area (Å²) in [5.41, 5.74) is -1.59. The van der Waals surface area contributed by atoms with Crippen LogP contribution in [0.5, 0.6) is 0 Å². The lowest BCUT2D eigenvalue weighted by Gasteiger charge is -2.31. The van der Waals surface area contributed by atoms with Crippen molar-refractivity contribution in [1.29, 1.82) is 0 Å². The lowest BCUT2D eigenvalue weighted by Crippen LogP contribution is -2.45. The maximum atomic E-state index is 12.9. The van der Waals surface area contributed by atoms with E-state index in [2.05, 4.69) is 0 Å². The number of carbonyl (C=O) groups is 4. The van der Waals surface area contributed by atoms with E-state index in [0.29, 0.717) is 13.1 Å². The van der Waals surface area contributed by atoms with E-state index in [4.69, 9.17) is 14.2 Å². The molecular formula is C21H29NO8. The summed E-state index contributed by atoms with van der Waals surface area (Å²) in [5.74, 6) is -3.30. The van der Waals surface area contributed by atoms with Crippen molar-refractivity contribution in [3.8, 4) is 0 Å². The third-order valence-electron chi connectivity index (χ3n) is 5.42. The van der Waals surface area contributed by atoms with E-state index in [1.54, 1.807) is 13.0 Å². The largest absolute Gasteiger partial charge is 0.462 e. The van der Waals surface area contributed by atoms with Gasteiger partial charge in [-0.15, -0.1) is 0 Å². The van der Waals surface area contributed by atoms with Gasteiger partial charge in [0.25, 0.3) is 0 Å². The number of hydrogen-bond donors (Lipinski definition) is 1. The van der Waals surface area contributed by atoms with Crippen LogP contribution in [0.15, 0.2) is 23.3 Å². The van der Waals surface area contributed by atoms with Crippen LogP contribution in [0.25, 0.3) is 0 Å². The number of ketones is 1. The second kappa shape index (κ2) is 9.99. The van der Waals surface area contributed by atoms with Crippen LogP contribution in [0, 0.1) is 5.92 Å². The van der Waals surface area contributed by atoms with Gasteiger partial charge >= 0.3 is 17.9 Å². The molecule has 166 valence electrons. The van der Waals surface area contributed by atoms with Gasteiger partial charge in [-0.3, -0.25) is 9.59 Å². The monoisotopic (exact) mass is 423 g/mol. The van der Waals surface area contributed by atoms with E-state index in [0.717, 1.165) is 0 Å². The molecular weight excluding hydrogens is 394 g/mol. The van der Waals surface area contributed by atoms with E-state index >= 15 is 0 Å². The number of esters is 3. The van der Waals surface area contributed by atoms with Crippen LogP contribution in [0.3, 0.4) is 0 Å². The highest BCUT2D eigenvalue weighted by atomic mass is 16.6. The SMILES string of the molecule is CC(=O)OC/C=C1\C[C@H](C)[C@@](C)(O)C(=O)OCC2=CCN(C)CC[C@@H](OC1=O)C2=O. The first-order valence-corrected chi connectivity index (χ1v) is 9.87. The Morgan fingerprint density at radius 1 is 1.40 bits per heavy atom. The molecule has 0 saturated carbocycles. The molecule has 2 aliphatic rings. The average Bonchev–Trinajstić information content (AvgIpc) is 2.67. The number of likely N-dealkylation sites (N-methyl/N-ethyl adjacent to an activating group) is 1. The molecule has 9 heteroatoms. The van der Waals surface area contributed by atoms with Crippen molar-refractivity contribution in [3.05, 3.63) is 23.3 Å². The topological polar surface area (TPSA) is 119 Å². The van der Waals surface area contributed by atoms with Crippen LogP contribution in [-0.4, -0.2) is 78.8 Å². The normalized spacial score (nSPS) is 30.8. The van der Waals surface area contributed by atoms with Gasteiger partial charge in [0.2, 0.25) is 5.78 Å². The highest BCUT2D eigenvalue weighted by molar-refractivity contribution is 6.01. The van der Waals surface area contributed by atoms with Gasteiger partial charge in [0.15, 0.2) is 11.7 Å². The minimum absolute atomic E-state index is 0.0360. The first kappa shape index (κ1) is 23.8. The van der Waals surface area contributed by atoms with Gasteiger partial charge in [-0.25, -0.2) is 9.59 Å². The molecule has 0 amide bonds. The second-order valence-electron chi connectivity index (χ2n) is 7.90. The highest BCUT2D eigenvalue weighted by Crippen LogP contribution is 2.28. The number of aliphatic hydroxyl groups is 1. The summed E-state index contributed by atoms with van der Waals surface area (Å²) in [6.07, 6.45) is 2.22. The first-order chi connectivity index (χ1) is 14.0. The van der Waals surface area contributed by atoms with Crippen molar-refractivity contribution in [1.82, 2.24) is 4.90 Å². The van der Waals surface area contributed by atoms with Crippen LogP contribution < -0.4 is 0 Å². The standard InChI is InChI=1S/C21H29NO8/c1-13-11-15(7-10-28-14(2)23)19(25)30-17-6-9-22(4)8-5-16(18(17)24)12-29-20(26)21(13,3)27/h5,7,13,17,27H,6,8-12H2,1-4H3/b15-7+,16-5?/t13-,17+,21+/m0/s1. The molecule has 0 aromatic heterocycles. The van der Waals surface area contributed by atoms with Crippen LogP contribution in [0.2, 0.25) is 0 Å². The van der Waals surface area contributed by atoms with Gasteiger partial charge in [-0.2, -0.15) is 0 Å². The third kappa shape index (κ3) is 5.99. The number of cyclic esters (lactones) is 1. The minimum Gasteiger partial charge on any atom is -0.462 e. The van der Waals surface area contributed by atoms with Crippen molar-refractivity contribution >= 4 is 23.7 Å². The van der Waals surface area contributed by atoms with E-state index in [9.17, 15) is 24.3 Å². The summed E-state index contributed by atoms with van der Waals surface area (Å²) in [6, 6.07) is 0. The van der Waals surface area contributed by atoms with Gasteiger partial charge in [0.05, 0.1) is 0 Å². The molecule has 1 saturated heterocycles. The molecule has 2 rings (SSSR count). The number of Topliss-reactive ketones (excluding diaryl/α,β-unsaturated/α-hetero) is 1. The quantitative estimate of drug-likeness (QED) is 0.386. The zero-order valence-electron chi connectivity index (χ0n) is 17.8. The maximum absolute atomic E-state index is 12.9. The Morgan fingerprint density at radius 2 is 2.10 bits per heavy atom. The van der Waals surface area contributed by atoms with Gasteiger partial charge < -0.3 is 24.2 Å². The van der Waals surface area contributed by atoms with Crippen molar-refractivity contribution in [2.24, 2.45) is 5.92 Å². The smallest absolute Gasteiger partial charge is 0.338 e. The Bertz CT molecular complexity index is 767. The fraction of sp³-hybridized carbons (Fsp3) is 0.619. The molecule has 0 unspecified atom stereocenters. The molecule has 0 aliphatic carbocycles. The van der Waals surface area contributed by atoms with Crippen LogP contribution >= 0.6 is 0 Å². The molecule has 2 heterocycles. The van der Waals surface area contributed by atoms with Crippen molar-refractivity contribution in [3.63, 3.8) is 0 Å². The summed E-state index contributed by atoms with van der Waals surface area (Å²) in [5, 5.41) is 10.7. The third-order valence-corrected chi connectivity index (χ3v) is 5.42. The number of hydrogen-bond acceptors (Lipinski definition) is 9. The number of ether oxygens (including phenoxy) is 3. The van der Waals surface area contributed by atoms with Gasteiger partial charge in [0, 0.05) is 37.6 Å². The van der Waals surface area contributed by atoms with E-state index in [-0.39, 0.29) is 37.2 Å². The number of nitrogens with zero attached hydrogens (tertiary/aromatic N) is 1. The Morgan fingerprint density at radius 3 is 2.77 bits per heavy atom. The molecule has 2 bridgehead atoms. The lowest BCUT2D eigenvalue weighted by molar-refractivity contribution is -0.169. The average molecular weight is 423 g/mol. The number of rotatable bonds is 2. The Kier molecular flexibility index (Phi) is 7.91. The first-order valence-electron chi connectivity index (χ1n) is 9.87. The number of carbonyl (C=O) groups excluding carboxylic acids is 4. The van der Waals surface area contributed by atoms with Crippen LogP contribution in [0.1, 0.15) is 33.6 Å². The Hall–Kier alpha value is -2.52. The molecule has 1 fully saturated rings. The fourth-order valence-corrected chi connectivity index (χ4v) is 3.11. The zero-order valence-corrected chi connectivity index (χ0v) is 17.8. The molecule has 0 aromatic rings. The summed E-state index contributed by atoms with van der Waals surface area (Å²) >= 11 is 0. The summed E-state index contributed by atoms with van der Waals surface area (Å²) in [6.45, 7) is 4.65. The molecule has 9 nitrogen and oxygen atoms in total. The van der Waals surface area contributed by atoms with Gasteiger partial charge in [-0.05, 0) is 32.4 Å².